The van der Waals surface area contributed by atoms with Crippen molar-refractivity contribution in [3.63, 3.8) is 0 Å². The molecule has 1 saturated carbocycles. The van der Waals surface area contributed by atoms with Gasteiger partial charge in [0, 0.05) is 56.4 Å². The number of carbonyl (C=O) groups excluding carboxylic acids is 6. The number of hydrogen-bond donors (Lipinski definition) is 3. The summed E-state index contributed by atoms with van der Waals surface area (Å²) in [5.41, 5.74) is 3.07. The molecule has 3 aromatic heterocycles. The highest BCUT2D eigenvalue weighted by Crippen LogP contribution is 2.36. The van der Waals surface area contributed by atoms with Gasteiger partial charge in [-0.1, -0.05) is 6.07 Å². The standard InChI is InChI=1S/C43H49N11O7/c1-25-3-2-4-33(47-25)40(57)49-28-19-29(20-28)53-24-46-37-38(44-23-45-39(37)53)48-27-12-15-51(16-13-27)14-9-26-10-17-52(18-11-26)36(56)22-61-30-5-6-31-32(21-30)43(60)54(42(31)59)34-7-8-35(55)50-41(34)58/h2-6,21,23-24,26-29,34H,7-20,22H2,1H3,(H,49,57)(H,44,45,48)(H,50,55,58)/t28?,29?,34-/m0/s1. The normalized spacial score (nSPS) is 22.5. The number of carbonyl (C=O) groups is 6. The average Bonchev–Trinajstić information content (AvgIpc) is 3.79. The van der Waals surface area contributed by atoms with Crippen LogP contribution in [0.25, 0.3) is 11.2 Å². The van der Waals surface area contributed by atoms with Gasteiger partial charge >= 0.3 is 0 Å². The number of amides is 6. The fourth-order valence-corrected chi connectivity index (χ4v) is 9.19. The van der Waals surface area contributed by atoms with E-state index in [1.165, 1.54) is 12.1 Å². The average molecular weight is 832 g/mol. The van der Waals surface area contributed by atoms with Crippen LogP contribution in [0.2, 0.25) is 0 Å². The van der Waals surface area contributed by atoms with Gasteiger partial charge in [0.2, 0.25) is 11.8 Å². The van der Waals surface area contributed by atoms with E-state index in [1.807, 2.05) is 30.3 Å². The van der Waals surface area contributed by atoms with Crippen molar-refractivity contribution in [2.45, 2.75) is 88.9 Å². The van der Waals surface area contributed by atoms with E-state index in [1.54, 1.807) is 18.5 Å². The molecule has 1 atom stereocenters. The van der Waals surface area contributed by atoms with Crippen LogP contribution >= 0.6 is 0 Å². The van der Waals surface area contributed by atoms with E-state index < -0.39 is 29.7 Å². The summed E-state index contributed by atoms with van der Waals surface area (Å²) in [7, 11) is 0. The Morgan fingerprint density at radius 2 is 1.67 bits per heavy atom. The fraction of sp³-hybridized carbons (Fsp3) is 0.488. The van der Waals surface area contributed by atoms with Gasteiger partial charge < -0.3 is 29.7 Å². The second-order valence-corrected chi connectivity index (χ2v) is 16.8. The Kier molecular flexibility index (Phi) is 11.2. The van der Waals surface area contributed by atoms with Crippen LogP contribution in [0.15, 0.2) is 49.1 Å². The minimum Gasteiger partial charge on any atom is -0.484 e. The number of aryl methyl sites for hydroxylation is 1. The minimum atomic E-state index is -1.05. The predicted molar refractivity (Wildman–Crippen MR) is 219 cm³/mol. The molecule has 4 aliphatic heterocycles. The molecule has 0 spiro atoms. The third-order valence-corrected chi connectivity index (χ3v) is 12.8. The molecule has 61 heavy (non-hydrogen) atoms. The van der Waals surface area contributed by atoms with Crippen LogP contribution in [-0.4, -0.2) is 132 Å². The molecule has 3 N–H and O–H groups in total. The van der Waals surface area contributed by atoms with Gasteiger partial charge in [-0.2, -0.15) is 0 Å². The number of hydrogen-bond acceptors (Lipinski definition) is 13. The lowest BCUT2D eigenvalue weighted by Crippen LogP contribution is -2.54. The molecule has 4 fully saturated rings. The lowest BCUT2D eigenvalue weighted by Gasteiger charge is -2.36. The maximum Gasteiger partial charge on any atom is 0.270 e. The summed E-state index contributed by atoms with van der Waals surface area (Å²) in [6.07, 6.45) is 10.0. The van der Waals surface area contributed by atoms with Gasteiger partial charge in [0.15, 0.2) is 18.1 Å². The molecule has 4 aromatic rings. The molecular weight excluding hydrogens is 783 g/mol. The molecule has 5 aliphatic rings. The Morgan fingerprint density at radius 3 is 2.44 bits per heavy atom. The number of pyridine rings is 1. The van der Waals surface area contributed by atoms with Crippen LogP contribution in [0.5, 0.6) is 5.75 Å². The summed E-state index contributed by atoms with van der Waals surface area (Å²) in [4.78, 5) is 99.2. The van der Waals surface area contributed by atoms with Crippen LogP contribution in [0.1, 0.15) is 101 Å². The molecule has 7 heterocycles. The van der Waals surface area contributed by atoms with Gasteiger partial charge in [-0.25, -0.2) is 19.9 Å². The molecule has 9 rings (SSSR count). The zero-order chi connectivity index (χ0) is 42.2. The number of benzene rings is 1. The van der Waals surface area contributed by atoms with Crippen molar-refractivity contribution in [1.82, 2.24) is 49.8 Å². The van der Waals surface area contributed by atoms with Crippen LogP contribution in [-0.2, 0) is 14.4 Å². The van der Waals surface area contributed by atoms with E-state index in [0.29, 0.717) is 24.7 Å². The van der Waals surface area contributed by atoms with Crippen molar-refractivity contribution in [2.75, 3.05) is 44.6 Å². The summed E-state index contributed by atoms with van der Waals surface area (Å²) in [5, 5.41) is 8.93. The number of nitrogens with zero attached hydrogens (tertiary/aromatic N) is 8. The van der Waals surface area contributed by atoms with Crippen molar-refractivity contribution >= 4 is 52.4 Å². The van der Waals surface area contributed by atoms with Crippen molar-refractivity contribution < 1.29 is 33.5 Å². The first-order valence-electron chi connectivity index (χ1n) is 21.2. The quantitative estimate of drug-likeness (QED) is 0.176. The number of likely N-dealkylation sites (tertiary alicyclic amines) is 2. The highest BCUT2D eigenvalue weighted by atomic mass is 16.5. The fourth-order valence-electron chi connectivity index (χ4n) is 9.19. The number of imide groups is 2. The number of aromatic nitrogens is 5. The second-order valence-electron chi connectivity index (χ2n) is 16.8. The Hall–Kier alpha value is -6.30. The summed E-state index contributed by atoms with van der Waals surface area (Å²) >= 11 is 0. The highest BCUT2D eigenvalue weighted by molar-refractivity contribution is 6.23. The Morgan fingerprint density at radius 1 is 0.885 bits per heavy atom. The molecular formula is C43H49N11O7. The number of fused-ring (bicyclic) bond motifs is 2. The van der Waals surface area contributed by atoms with E-state index in [0.717, 1.165) is 92.2 Å². The number of rotatable bonds is 12. The van der Waals surface area contributed by atoms with Gasteiger partial charge in [-0.05, 0) is 101 Å². The molecule has 3 saturated heterocycles. The zero-order valence-corrected chi connectivity index (χ0v) is 34.0. The van der Waals surface area contributed by atoms with Gasteiger partial charge in [-0.3, -0.25) is 39.0 Å². The molecule has 1 aliphatic carbocycles. The van der Waals surface area contributed by atoms with Gasteiger partial charge in [0.1, 0.15) is 29.3 Å². The van der Waals surface area contributed by atoms with Gasteiger partial charge in [0.05, 0.1) is 17.5 Å². The molecule has 1 aromatic carbocycles. The largest absolute Gasteiger partial charge is 0.484 e. The second kappa shape index (κ2) is 17.0. The van der Waals surface area contributed by atoms with E-state index in [4.69, 9.17) is 9.72 Å². The predicted octanol–water partition coefficient (Wildman–Crippen LogP) is 2.65. The third kappa shape index (κ3) is 8.40. The van der Waals surface area contributed by atoms with Gasteiger partial charge in [-0.15, -0.1) is 0 Å². The van der Waals surface area contributed by atoms with Crippen LogP contribution in [0.4, 0.5) is 5.82 Å². The number of anilines is 1. The SMILES string of the molecule is Cc1cccc(C(=O)NC2CC(n3cnc4c(NC5CCN(CCC6CCN(C(=O)COc7ccc8c(c7)C(=O)N([C@H]7CCC(=O)NC7=O)C8=O)CC6)CC5)ncnc43)C2)n1. The van der Waals surface area contributed by atoms with Crippen molar-refractivity contribution in [1.29, 1.82) is 0 Å². The van der Waals surface area contributed by atoms with Gasteiger partial charge in [0.25, 0.3) is 23.6 Å². The maximum atomic E-state index is 13.2. The van der Waals surface area contributed by atoms with Crippen LogP contribution < -0.4 is 20.7 Å². The summed E-state index contributed by atoms with van der Waals surface area (Å²) in [6.45, 7) is 5.98. The first kappa shape index (κ1) is 40.1. The topological polar surface area (TPSA) is 214 Å². The smallest absolute Gasteiger partial charge is 0.270 e. The van der Waals surface area contributed by atoms with Crippen molar-refractivity contribution in [2.24, 2.45) is 5.92 Å². The van der Waals surface area contributed by atoms with E-state index in [9.17, 15) is 28.8 Å². The van der Waals surface area contributed by atoms with E-state index >= 15 is 0 Å². The molecule has 0 bridgehead atoms. The summed E-state index contributed by atoms with van der Waals surface area (Å²) < 4.78 is 7.87. The third-order valence-electron chi connectivity index (χ3n) is 12.8. The molecule has 318 valence electrons. The maximum absolute atomic E-state index is 13.2. The number of nitrogens with one attached hydrogen (secondary N) is 3. The minimum absolute atomic E-state index is 0.0438. The highest BCUT2D eigenvalue weighted by Gasteiger charge is 2.45. The van der Waals surface area contributed by atoms with Crippen LogP contribution in [0, 0.1) is 12.8 Å². The van der Waals surface area contributed by atoms with Crippen molar-refractivity contribution in [3.05, 3.63) is 71.6 Å². The molecule has 6 amide bonds. The lowest BCUT2D eigenvalue weighted by atomic mass is 9.86. The number of piperidine rings is 3. The molecule has 18 nitrogen and oxygen atoms in total. The molecule has 18 heteroatoms. The number of imidazole rings is 1. The first-order chi connectivity index (χ1) is 29.6. The molecule has 0 unspecified atom stereocenters. The molecule has 0 radical (unpaired) electrons. The van der Waals surface area contributed by atoms with E-state index in [2.05, 4.69) is 40.4 Å². The van der Waals surface area contributed by atoms with Crippen molar-refractivity contribution in [3.8, 4) is 5.75 Å². The summed E-state index contributed by atoms with van der Waals surface area (Å²) in [6, 6.07) is 9.40. The Bertz CT molecular complexity index is 2380. The lowest BCUT2D eigenvalue weighted by molar-refractivity contribution is -0.136. The Labute approximate surface area is 351 Å². The first-order valence-corrected chi connectivity index (χ1v) is 21.2. The van der Waals surface area contributed by atoms with Crippen LogP contribution in [0.3, 0.4) is 0 Å². The Balaban J connectivity index is 0.680. The zero-order valence-electron chi connectivity index (χ0n) is 34.0. The monoisotopic (exact) mass is 831 g/mol. The number of ether oxygens (including phenoxy) is 1. The summed E-state index contributed by atoms with van der Waals surface area (Å²) in [5.74, 6) is -1.03. The van der Waals surface area contributed by atoms with E-state index in [-0.39, 0.29) is 66.3 Å².